The van der Waals surface area contributed by atoms with E-state index >= 15 is 0 Å². The number of rotatable bonds is 1. The Bertz CT molecular complexity index is 832. The van der Waals surface area contributed by atoms with Crippen LogP contribution in [-0.4, -0.2) is 5.11 Å². The summed E-state index contributed by atoms with van der Waals surface area (Å²) in [5.74, 6) is 0.410. The van der Waals surface area contributed by atoms with Crippen LogP contribution in [0.2, 0.25) is 0 Å². The molecule has 21 heavy (non-hydrogen) atoms. The molecule has 0 radical (unpaired) electrons. The van der Waals surface area contributed by atoms with E-state index in [4.69, 9.17) is 0 Å². The summed E-state index contributed by atoms with van der Waals surface area (Å²) in [6.07, 6.45) is 0.892. The third-order valence-electron chi connectivity index (χ3n) is 4.34. The fraction of sp³-hybridized carbons (Fsp3) is 0.100. The van der Waals surface area contributed by atoms with Crippen molar-refractivity contribution in [2.24, 2.45) is 0 Å². The van der Waals surface area contributed by atoms with Crippen LogP contribution in [0.1, 0.15) is 16.7 Å². The van der Waals surface area contributed by atoms with Crippen LogP contribution in [0.4, 0.5) is 0 Å². The number of aryl methyl sites for hydroxylation is 1. The molecule has 1 heteroatoms. The summed E-state index contributed by atoms with van der Waals surface area (Å²) in [5.41, 5.74) is 8.15. The fourth-order valence-electron chi connectivity index (χ4n) is 3.31. The minimum atomic E-state index is 0.410. The minimum Gasteiger partial charge on any atom is -0.507 e. The number of phenols is 1. The number of aromatic hydroxyl groups is 1. The van der Waals surface area contributed by atoms with E-state index in [1.165, 1.54) is 22.3 Å². The standard InChI is InChI=1S/C20H16O/c1-13-11-17-16-10-6-5-9-15(16)12-18(17)19(20(13)21)14-7-3-2-4-8-14/h2-11,21H,12H2,1H3. The second-order valence-corrected chi connectivity index (χ2v) is 5.64. The second-order valence-electron chi connectivity index (χ2n) is 5.64. The molecule has 4 rings (SSSR count). The summed E-state index contributed by atoms with van der Waals surface area (Å²) in [7, 11) is 0. The zero-order valence-corrected chi connectivity index (χ0v) is 11.9. The maximum absolute atomic E-state index is 10.6. The quantitative estimate of drug-likeness (QED) is 0.520. The van der Waals surface area contributed by atoms with E-state index in [1.807, 2.05) is 25.1 Å². The van der Waals surface area contributed by atoms with Gasteiger partial charge >= 0.3 is 0 Å². The SMILES string of the molecule is Cc1cc2c(c(-c3ccccc3)c1O)Cc1ccccc1-2. The second kappa shape index (κ2) is 4.49. The van der Waals surface area contributed by atoms with Gasteiger partial charge in [0.2, 0.25) is 0 Å². The maximum atomic E-state index is 10.6. The van der Waals surface area contributed by atoms with Crippen molar-refractivity contribution in [3.63, 3.8) is 0 Å². The molecule has 0 fully saturated rings. The fourth-order valence-corrected chi connectivity index (χ4v) is 3.31. The zero-order chi connectivity index (χ0) is 14.4. The number of fused-ring (bicyclic) bond motifs is 3. The molecule has 102 valence electrons. The van der Waals surface area contributed by atoms with Crippen LogP contribution in [0, 0.1) is 6.92 Å². The Morgan fingerprint density at radius 2 is 1.57 bits per heavy atom. The highest BCUT2D eigenvalue weighted by Gasteiger charge is 2.24. The predicted molar refractivity (Wildman–Crippen MR) is 86.5 cm³/mol. The van der Waals surface area contributed by atoms with Crippen molar-refractivity contribution in [1.82, 2.24) is 0 Å². The summed E-state index contributed by atoms with van der Waals surface area (Å²) in [6, 6.07) is 20.8. The Kier molecular flexibility index (Phi) is 2.61. The van der Waals surface area contributed by atoms with E-state index in [0.29, 0.717) is 5.75 Å². The van der Waals surface area contributed by atoms with Gasteiger partial charge in [0.15, 0.2) is 0 Å². The van der Waals surface area contributed by atoms with Gasteiger partial charge in [-0.25, -0.2) is 0 Å². The van der Waals surface area contributed by atoms with Crippen LogP contribution in [0.3, 0.4) is 0 Å². The molecule has 0 unspecified atom stereocenters. The zero-order valence-electron chi connectivity index (χ0n) is 11.9. The molecule has 0 spiro atoms. The van der Waals surface area contributed by atoms with Gasteiger partial charge in [0.05, 0.1) is 0 Å². The van der Waals surface area contributed by atoms with E-state index in [-0.39, 0.29) is 0 Å². The largest absolute Gasteiger partial charge is 0.507 e. The highest BCUT2D eigenvalue weighted by atomic mass is 16.3. The number of benzene rings is 3. The van der Waals surface area contributed by atoms with E-state index in [2.05, 4.69) is 42.5 Å². The average Bonchev–Trinajstić information content (AvgIpc) is 2.87. The normalized spacial score (nSPS) is 12.0. The first-order valence-corrected chi connectivity index (χ1v) is 7.25. The van der Waals surface area contributed by atoms with Gasteiger partial charge in [0, 0.05) is 5.56 Å². The molecule has 3 aromatic rings. The molecule has 1 nitrogen and oxygen atoms in total. The molecular weight excluding hydrogens is 256 g/mol. The van der Waals surface area contributed by atoms with Crippen LogP contribution in [0.5, 0.6) is 5.75 Å². The van der Waals surface area contributed by atoms with E-state index in [1.54, 1.807) is 0 Å². The van der Waals surface area contributed by atoms with Gasteiger partial charge in [-0.05, 0) is 52.8 Å². The molecule has 1 aliphatic carbocycles. The Morgan fingerprint density at radius 1 is 0.857 bits per heavy atom. The Morgan fingerprint density at radius 3 is 2.38 bits per heavy atom. The third kappa shape index (κ3) is 1.78. The number of hydrogen-bond donors (Lipinski definition) is 1. The summed E-state index contributed by atoms with van der Waals surface area (Å²) in [6.45, 7) is 1.98. The molecule has 0 aliphatic heterocycles. The first-order chi connectivity index (χ1) is 10.3. The lowest BCUT2D eigenvalue weighted by molar-refractivity contribution is 0.473. The predicted octanol–water partition coefficient (Wildman–Crippen LogP) is 4.94. The van der Waals surface area contributed by atoms with Gasteiger partial charge in [-0.1, -0.05) is 54.6 Å². The van der Waals surface area contributed by atoms with Crippen molar-refractivity contribution in [3.8, 4) is 28.0 Å². The molecule has 1 N–H and O–H groups in total. The van der Waals surface area contributed by atoms with Crippen molar-refractivity contribution < 1.29 is 5.11 Å². The lowest BCUT2D eigenvalue weighted by Crippen LogP contribution is -1.91. The average molecular weight is 272 g/mol. The summed E-state index contributed by atoms with van der Waals surface area (Å²) < 4.78 is 0. The molecular formula is C20H16O. The first-order valence-electron chi connectivity index (χ1n) is 7.25. The molecule has 1 aliphatic rings. The van der Waals surface area contributed by atoms with Crippen molar-refractivity contribution in [1.29, 1.82) is 0 Å². The topological polar surface area (TPSA) is 20.2 Å². The van der Waals surface area contributed by atoms with Crippen molar-refractivity contribution in [2.75, 3.05) is 0 Å². The summed E-state index contributed by atoms with van der Waals surface area (Å²) >= 11 is 0. The van der Waals surface area contributed by atoms with Crippen LogP contribution < -0.4 is 0 Å². The maximum Gasteiger partial charge on any atom is 0.126 e. The molecule has 3 aromatic carbocycles. The van der Waals surface area contributed by atoms with Gasteiger partial charge in [-0.15, -0.1) is 0 Å². The summed E-state index contributed by atoms with van der Waals surface area (Å²) in [4.78, 5) is 0. The third-order valence-corrected chi connectivity index (χ3v) is 4.34. The van der Waals surface area contributed by atoms with Crippen LogP contribution in [-0.2, 0) is 6.42 Å². The number of hydrogen-bond acceptors (Lipinski definition) is 1. The van der Waals surface area contributed by atoms with Gasteiger partial charge in [0.25, 0.3) is 0 Å². The molecule has 0 saturated carbocycles. The van der Waals surface area contributed by atoms with Gasteiger partial charge < -0.3 is 5.11 Å². The van der Waals surface area contributed by atoms with E-state index in [9.17, 15) is 5.11 Å². The monoisotopic (exact) mass is 272 g/mol. The molecule has 0 aromatic heterocycles. The smallest absolute Gasteiger partial charge is 0.126 e. The Hall–Kier alpha value is -2.54. The minimum absolute atomic E-state index is 0.410. The molecule has 0 bridgehead atoms. The molecule has 0 amide bonds. The van der Waals surface area contributed by atoms with E-state index < -0.39 is 0 Å². The molecule has 0 heterocycles. The van der Waals surface area contributed by atoms with Crippen molar-refractivity contribution >= 4 is 0 Å². The highest BCUT2D eigenvalue weighted by molar-refractivity contribution is 5.88. The lowest BCUT2D eigenvalue weighted by atomic mass is 9.92. The van der Waals surface area contributed by atoms with Crippen molar-refractivity contribution in [2.45, 2.75) is 13.3 Å². The van der Waals surface area contributed by atoms with Crippen LogP contribution >= 0.6 is 0 Å². The highest BCUT2D eigenvalue weighted by Crippen LogP contribution is 2.46. The van der Waals surface area contributed by atoms with Crippen molar-refractivity contribution in [3.05, 3.63) is 77.4 Å². The first kappa shape index (κ1) is 12.2. The van der Waals surface area contributed by atoms with Crippen LogP contribution in [0.25, 0.3) is 22.3 Å². The molecule has 0 saturated heterocycles. The van der Waals surface area contributed by atoms with Gasteiger partial charge in [-0.3, -0.25) is 0 Å². The Balaban J connectivity index is 2.04. The summed E-state index contributed by atoms with van der Waals surface area (Å²) in [5, 5.41) is 10.6. The number of phenolic OH excluding ortho intramolecular Hbond substituents is 1. The van der Waals surface area contributed by atoms with Gasteiger partial charge in [-0.2, -0.15) is 0 Å². The molecule has 0 atom stereocenters. The Labute approximate surface area is 124 Å². The van der Waals surface area contributed by atoms with Gasteiger partial charge in [0.1, 0.15) is 5.75 Å². The lowest BCUT2D eigenvalue weighted by Gasteiger charge is -2.14. The van der Waals surface area contributed by atoms with Crippen LogP contribution in [0.15, 0.2) is 60.7 Å². The van der Waals surface area contributed by atoms with E-state index in [0.717, 1.165) is 23.1 Å².